The van der Waals surface area contributed by atoms with Gasteiger partial charge in [0, 0.05) is 75.8 Å². The first-order valence-corrected chi connectivity index (χ1v) is 10.9. The third-order valence-corrected chi connectivity index (χ3v) is 6.80. The largest absolute Gasteiger partial charge is 0.380 e. The van der Waals surface area contributed by atoms with E-state index in [0.29, 0.717) is 26.3 Å². The molecule has 3 atom stereocenters. The number of fused-ring (bicyclic) bond motifs is 4. The first-order chi connectivity index (χ1) is 14.6. The number of hydrogen-bond donors (Lipinski definition) is 0. The van der Waals surface area contributed by atoms with Gasteiger partial charge in [-0.15, -0.1) is 0 Å². The molecule has 3 aliphatic rings. The molecule has 30 heavy (non-hydrogen) atoms. The average molecular weight is 412 g/mol. The molecule has 0 unspecified atom stereocenters. The first kappa shape index (κ1) is 19.5. The van der Waals surface area contributed by atoms with Crippen LogP contribution < -0.4 is 5.56 Å². The van der Waals surface area contributed by atoms with Gasteiger partial charge in [0.15, 0.2) is 0 Å². The molecule has 8 nitrogen and oxygen atoms in total. The van der Waals surface area contributed by atoms with Crippen LogP contribution in [0.1, 0.15) is 36.3 Å². The van der Waals surface area contributed by atoms with Crippen molar-refractivity contribution in [1.29, 1.82) is 0 Å². The van der Waals surface area contributed by atoms with Crippen LogP contribution >= 0.6 is 0 Å². The zero-order valence-corrected chi connectivity index (χ0v) is 17.4. The Morgan fingerprint density at radius 1 is 1.23 bits per heavy atom. The third kappa shape index (κ3) is 3.48. The summed E-state index contributed by atoms with van der Waals surface area (Å²) in [6.07, 6.45) is 5.57. The summed E-state index contributed by atoms with van der Waals surface area (Å²) in [5.74, 6) is 1.47. The number of aromatic nitrogens is 3. The lowest BCUT2D eigenvalue weighted by atomic mass is 9.78. The van der Waals surface area contributed by atoms with Gasteiger partial charge in [0.1, 0.15) is 11.9 Å². The van der Waals surface area contributed by atoms with Crippen molar-refractivity contribution >= 4 is 5.91 Å². The molecule has 0 spiro atoms. The molecule has 160 valence electrons. The Hall–Kier alpha value is -2.45. The molecule has 2 fully saturated rings. The van der Waals surface area contributed by atoms with Crippen LogP contribution in [0.15, 0.2) is 35.4 Å². The van der Waals surface area contributed by atoms with Crippen LogP contribution in [0.25, 0.3) is 0 Å². The molecule has 2 aromatic rings. The summed E-state index contributed by atoms with van der Waals surface area (Å²) >= 11 is 0. The highest BCUT2D eigenvalue weighted by Crippen LogP contribution is 2.42. The van der Waals surface area contributed by atoms with E-state index >= 15 is 0 Å². The topological polar surface area (TPSA) is 72.6 Å². The van der Waals surface area contributed by atoms with E-state index < -0.39 is 6.04 Å². The van der Waals surface area contributed by atoms with E-state index in [1.54, 1.807) is 10.6 Å². The molecule has 0 aliphatic carbocycles. The fraction of sp³-hybridized carbons (Fsp3) is 0.591. The van der Waals surface area contributed by atoms with E-state index in [0.717, 1.165) is 44.0 Å². The van der Waals surface area contributed by atoms with Gasteiger partial charge in [0.25, 0.3) is 5.56 Å². The Morgan fingerprint density at radius 2 is 2.13 bits per heavy atom. The van der Waals surface area contributed by atoms with Gasteiger partial charge in [0.2, 0.25) is 5.91 Å². The van der Waals surface area contributed by atoms with Gasteiger partial charge >= 0.3 is 0 Å². The summed E-state index contributed by atoms with van der Waals surface area (Å²) in [6, 6.07) is 5.00. The molecule has 8 heteroatoms. The highest BCUT2D eigenvalue weighted by Gasteiger charge is 2.45. The van der Waals surface area contributed by atoms with E-state index in [4.69, 9.17) is 4.74 Å². The molecule has 2 aromatic heterocycles. The van der Waals surface area contributed by atoms with Gasteiger partial charge in [-0.25, -0.2) is 4.98 Å². The number of carbonyl (C=O) groups is 1. The minimum atomic E-state index is -0.438. The summed E-state index contributed by atoms with van der Waals surface area (Å²) in [7, 11) is 2.01. The number of rotatable bonds is 3. The zero-order chi connectivity index (χ0) is 20.7. The van der Waals surface area contributed by atoms with Gasteiger partial charge in [-0.05, 0) is 18.9 Å². The van der Waals surface area contributed by atoms with Crippen molar-refractivity contribution in [2.45, 2.75) is 31.3 Å². The van der Waals surface area contributed by atoms with E-state index in [2.05, 4.69) is 9.88 Å². The van der Waals surface area contributed by atoms with Gasteiger partial charge in [-0.3, -0.25) is 19.1 Å². The molecular weight excluding hydrogens is 382 g/mol. The number of amides is 1. The number of pyridine rings is 1. The average Bonchev–Trinajstić information content (AvgIpc) is 2.97. The summed E-state index contributed by atoms with van der Waals surface area (Å²) in [5.41, 5.74) is 0.928. The van der Waals surface area contributed by atoms with E-state index in [1.807, 2.05) is 41.0 Å². The van der Waals surface area contributed by atoms with Crippen LogP contribution in [-0.2, 0) is 23.1 Å². The molecule has 2 bridgehead atoms. The van der Waals surface area contributed by atoms with E-state index in [1.165, 1.54) is 0 Å². The highest BCUT2D eigenvalue weighted by atomic mass is 16.5. The number of piperidine rings is 1. The van der Waals surface area contributed by atoms with Gasteiger partial charge in [-0.2, -0.15) is 0 Å². The summed E-state index contributed by atoms with van der Waals surface area (Å²) in [5, 5.41) is 0. The first-order valence-electron chi connectivity index (χ1n) is 10.9. The highest BCUT2D eigenvalue weighted by molar-refractivity contribution is 5.81. The van der Waals surface area contributed by atoms with Crippen LogP contribution in [-0.4, -0.2) is 69.2 Å². The fourth-order valence-electron chi connectivity index (χ4n) is 5.38. The smallest absolute Gasteiger partial charge is 0.251 e. The minimum Gasteiger partial charge on any atom is -0.380 e. The Bertz CT molecular complexity index is 975. The van der Waals surface area contributed by atoms with Crippen molar-refractivity contribution in [3.05, 3.63) is 52.5 Å². The lowest BCUT2D eigenvalue weighted by Gasteiger charge is -2.47. The second kappa shape index (κ2) is 8.00. The Morgan fingerprint density at radius 3 is 2.97 bits per heavy atom. The Labute approximate surface area is 176 Å². The fourth-order valence-corrected chi connectivity index (χ4v) is 5.38. The molecule has 0 aromatic carbocycles. The van der Waals surface area contributed by atoms with Gasteiger partial charge < -0.3 is 14.2 Å². The number of ether oxygens (including phenoxy) is 1. The molecule has 0 N–H and O–H groups in total. The quantitative estimate of drug-likeness (QED) is 0.753. The normalized spacial score (nSPS) is 26.8. The molecule has 1 amide bonds. The molecule has 0 radical (unpaired) electrons. The third-order valence-electron chi connectivity index (χ3n) is 6.80. The van der Waals surface area contributed by atoms with Crippen molar-refractivity contribution in [3.63, 3.8) is 0 Å². The number of aryl methyl sites for hydroxylation is 1. The van der Waals surface area contributed by atoms with Crippen molar-refractivity contribution < 1.29 is 9.53 Å². The van der Waals surface area contributed by atoms with Crippen molar-refractivity contribution in [3.8, 4) is 0 Å². The SMILES string of the molecule is Cn1ccnc1CN1C[C@@H]2C[C@H](C1)[C@H](C(=O)N1CCCOCC1)n1c2cccc1=O. The molecular formula is C22H29N5O3. The monoisotopic (exact) mass is 411 g/mol. The number of hydrogen-bond acceptors (Lipinski definition) is 5. The lowest BCUT2D eigenvalue weighted by molar-refractivity contribution is -0.138. The molecule has 0 saturated carbocycles. The van der Waals surface area contributed by atoms with Crippen molar-refractivity contribution in [2.24, 2.45) is 13.0 Å². The maximum absolute atomic E-state index is 13.7. The number of imidazole rings is 1. The molecule has 3 aliphatic heterocycles. The van der Waals surface area contributed by atoms with Crippen molar-refractivity contribution in [2.75, 3.05) is 39.4 Å². The minimum absolute atomic E-state index is 0.0656. The maximum Gasteiger partial charge on any atom is 0.251 e. The van der Waals surface area contributed by atoms with Crippen LogP contribution in [0, 0.1) is 5.92 Å². The molecule has 5 rings (SSSR count). The molecule has 2 saturated heterocycles. The van der Waals surface area contributed by atoms with Crippen LogP contribution in [0.5, 0.6) is 0 Å². The Kier molecular flexibility index (Phi) is 5.20. The predicted molar refractivity (Wildman–Crippen MR) is 111 cm³/mol. The zero-order valence-electron chi connectivity index (χ0n) is 17.4. The standard InChI is InChI=1S/C22H29N5O3/c1-24-8-6-23-19(24)15-25-13-16-12-17(14-25)21(27-18(16)4-2-5-20(27)28)22(29)26-7-3-10-30-11-9-26/h2,4-6,8,16-17,21H,3,7,9-15H2,1H3/t16-,17+,21+/m0/s1. The summed E-state index contributed by atoms with van der Waals surface area (Å²) < 4.78 is 9.38. The summed E-state index contributed by atoms with van der Waals surface area (Å²) in [4.78, 5) is 35.3. The van der Waals surface area contributed by atoms with Crippen LogP contribution in [0.4, 0.5) is 0 Å². The number of carbonyl (C=O) groups excluding carboxylic acids is 1. The van der Waals surface area contributed by atoms with E-state index in [-0.39, 0.29) is 23.3 Å². The number of nitrogens with zero attached hydrogens (tertiary/aromatic N) is 5. The number of likely N-dealkylation sites (tertiary alicyclic amines) is 1. The Balaban J connectivity index is 1.48. The van der Waals surface area contributed by atoms with Crippen molar-refractivity contribution in [1.82, 2.24) is 23.9 Å². The molecule has 5 heterocycles. The van der Waals surface area contributed by atoms with Crippen LogP contribution in [0.2, 0.25) is 0 Å². The second-order valence-electron chi connectivity index (χ2n) is 8.74. The van der Waals surface area contributed by atoms with Gasteiger partial charge in [0.05, 0.1) is 13.2 Å². The lowest BCUT2D eigenvalue weighted by Crippen LogP contribution is -2.54. The predicted octanol–water partition coefficient (Wildman–Crippen LogP) is 0.991. The second-order valence-corrected chi connectivity index (χ2v) is 8.74. The van der Waals surface area contributed by atoms with E-state index in [9.17, 15) is 9.59 Å². The van der Waals surface area contributed by atoms with Gasteiger partial charge in [-0.1, -0.05) is 6.07 Å². The maximum atomic E-state index is 13.7. The summed E-state index contributed by atoms with van der Waals surface area (Å²) in [6.45, 7) is 4.97. The van der Waals surface area contributed by atoms with Crippen LogP contribution in [0.3, 0.4) is 0 Å².